The second-order valence-corrected chi connectivity index (χ2v) is 12.0. The van der Waals surface area contributed by atoms with Crippen LogP contribution in [0.15, 0.2) is 176 Å². The van der Waals surface area contributed by atoms with Crippen molar-refractivity contribution in [3.8, 4) is 45.3 Å². The van der Waals surface area contributed by atoms with Gasteiger partial charge in [-0.3, -0.25) is 0 Å². The van der Waals surface area contributed by atoms with E-state index in [1.807, 2.05) is 18.2 Å². The highest BCUT2D eigenvalue weighted by Gasteiger charge is 2.46. The van der Waals surface area contributed by atoms with Crippen molar-refractivity contribution in [2.45, 2.75) is 5.41 Å². The molecule has 0 N–H and O–H groups in total. The van der Waals surface area contributed by atoms with E-state index in [1.165, 1.54) is 27.8 Å². The van der Waals surface area contributed by atoms with Gasteiger partial charge in [-0.15, -0.1) is 0 Å². The van der Waals surface area contributed by atoms with Crippen LogP contribution in [-0.2, 0) is 5.41 Å². The molecule has 9 rings (SSSR count). The summed E-state index contributed by atoms with van der Waals surface area (Å²) in [5.74, 6) is 1.97. The predicted octanol–water partition coefficient (Wildman–Crippen LogP) is 10.4. The molecule has 220 valence electrons. The third kappa shape index (κ3) is 4.24. The summed E-state index contributed by atoms with van der Waals surface area (Å²) in [6, 6.07) is 62.1. The number of benzene rings is 7. The summed E-state index contributed by atoms with van der Waals surface area (Å²) in [6.45, 7) is 0. The Morgan fingerprint density at radius 2 is 0.830 bits per heavy atom. The Labute approximate surface area is 273 Å². The molecule has 1 aliphatic rings. The zero-order chi connectivity index (χ0) is 31.2. The maximum Gasteiger partial charge on any atom is 0.164 e. The van der Waals surface area contributed by atoms with Crippen molar-refractivity contribution < 1.29 is 0 Å². The first-order valence-electron chi connectivity index (χ1n) is 16.0. The molecule has 0 fully saturated rings. The molecule has 0 unspecified atom stereocenters. The molecular weight excluding hydrogens is 571 g/mol. The van der Waals surface area contributed by atoms with E-state index in [1.54, 1.807) is 0 Å². The fourth-order valence-corrected chi connectivity index (χ4v) is 7.43. The third-order valence-corrected chi connectivity index (χ3v) is 9.42. The van der Waals surface area contributed by atoms with E-state index in [0.717, 1.165) is 33.0 Å². The van der Waals surface area contributed by atoms with E-state index >= 15 is 0 Å². The van der Waals surface area contributed by atoms with Crippen molar-refractivity contribution in [1.29, 1.82) is 0 Å². The molecule has 3 nitrogen and oxygen atoms in total. The van der Waals surface area contributed by atoms with Crippen molar-refractivity contribution in [3.05, 3.63) is 198 Å². The Kier molecular flexibility index (Phi) is 6.36. The van der Waals surface area contributed by atoms with Crippen LogP contribution in [0.5, 0.6) is 0 Å². The zero-order valence-electron chi connectivity index (χ0n) is 25.6. The molecule has 7 aromatic carbocycles. The second-order valence-electron chi connectivity index (χ2n) is 12.0. The number of rotatable bonds is 5. The number of fused-ring (bicyclic) bond motifs is 4. The highest BCUT2D eigenvalue weighted by Crippen LogP contribution is 2.58. The molecule has 8 aromatic rings. The summed E-state index contributed by atoms with van der Waals surface area (Å²) in [5, 5.41) is 2.26. The molecule has 1 aromatic heterocycles. The van der Waals surface area contributed by atoms with Crippen LogP contribution in [0.4, 0.5) is 0 Å². The SMILES string of the molecule is c1ccc(-c2nc(-c3cccc4c3-c3ccccc3C4(c3ccccc3)c3ccccc3)nc(-c3cccc4ccccc34)n2)cc1. The first-order chi connectivity index (χ1) is 23.3. The molecular formula is C44H29N3. The van der Waals surface area contributed by atoms with E-state index in [4.69, 9.17) is 15.0 Å². The van der Waals surface area contributed by atoms with Crippen molar-refractivity contribution in [2.75, 3.05) is 0 Å². The largest absolute Gasteiger partial charge is 0.208 e. The molecule has 0 atom stereocenters. The molecule has 0 bridgehead atoms. The van der Waals surface area contributed by atoms with Gasteiger partial charge in [-0.2, -0.15) is 0 Å². The Balaban J connectivity index is 1.36. The van der Waals surface area contributed by atoms with Crippen molar-refractivity contribution in [2.24, 2.45) is 0 Å². The highest BCUT2D eigenvalue weighted by atomic mass is 15.0. The molecule has 1 heterocycles. The Bertz CT molecular complexity index is 2360. The molecule has 0 saturated heterocycles. The molecule has 0 saturated carbocycles. The van der Waals surface area contributed by atoms with E-state index in [2.05, 4.69) is 158 Å². The summed E-state index contributed by atoms with van der Waals surface area (Å²) in [7, 11) is 0. The maximum atomic E-state index is 5.27. The molecule has 3 heteroatoms. The molecule has 0 amide bonds. The Morgan fingerprint density at radius 1 is 0.340 bits per heavy atom. The van der Waals surface area contributed by atoms with Gasteiger partial charge in [0.15, 0.2) is 17.5 Å². The van der Waals surface area contributed by atoms with Crippen molar-refractivity contribution >= 4 is 10.8 Å². The number of nitrogens with zero attached hydrogens (tertiary/aromatic N) is 3. The normalized spacial score (nSPS) is 12.9. The monoisotopic (exact) mass is 599 g/mol. The van der Waals surface area contributed by atoms with Crippen molar-refractivity contribution in [1.82, 2.24) is 15.0 Å². The van der Waals surface area contributed by atoms with Crippen LogP contribution in [-0.4, -0.2) is 15.0 Å². The van der Waals surface area contributed by atoms with E-state index in [9.17, 15) is 0 Å². The van der Waals surface area contributed by atoms with Gasteiger partial charge >= 0.3 is 0 Å². The van der Waals surface area contributed by atoms with Crippen LogP contribution < -0.4 is 0 Å². The van der Waals surface area contributed by atoms with Gasteiger partial charge in [0.1, 0.15) is 0 Å². The number of hydrogen-bond donors (Lipinski definition) is 0. The zero-order valence-corrected chi connectivity index (χ0v) is 25.6. The lowest BCUT2D eigenvalue weighted by Gasteiger charge is -2.33. The van der Waals surface area contributed by atoms with Crippen LogP contribution >= 0.6 is 0 Å². The third-order valence-electron chi connectivity index (χ3n) is 9.42. The van der Waals surface area contributed by atoms with E-state index in [0.29, 0.717) is 17.5 Å². The minimum atomic E-state index is -0.502. The Hall–Kier alpha value is -6.19. The Morgan fingerprint density at radius 3 is 1.57 bits per heavy atom. The molecule has 0 spiro atoms. The summed E-state index contributed by atoms with van der Waals surface area (Å²) in [4.78, 5) is 15.6. The topological polar surface area (TPSA) is 38.7 Å². The van der Waals surface area contributed by atoms with Gasteiger partial charge in [0.25, 0.3) is 0 Å². The quantitative estimate of drug-likeness (QED) is 0.198. The molecule has 0 radical (unpaired) electrons. The lowest BCUT2D eigenvalue weighted by molar-refractivity contribution is 0.768. The summed E-state index contributed by atoms with van der Waals surface area (Å²) in [6.07, 6.45) is 0. The standard InChI is InChI=1S/C44H29N3/c1-4-17-31(18-5-1)41-45-42(35-26-14-19-30-16-10-11-24-34(30)35)47-43(46-41)37-27-15-29-39-40(37)36-25-12-13-28-38(36)44(39,32-20-6-2-7-21-32)33-22-8-3-9-23-33/h1-29H. The van der Waals surface area contributed by atoms with Crippen molar-refractivity contribution in [3.63, 3.8) is 0 Å². The van der Waals surface area contributed by atoms with Crippen LogP contribution in [0.1, 0.15) is 22.3 Å². The van der Waals surface area contributed by atoms with Crippen LogP contribution in [0.25, 0.3) is 56.1 Å². The first kappa shape index (κ1) is 27.1. The fraction of sp³-hybridized carbons (Fsp3) is 0.0227. The van der Waals surface area contributed by atoms with Gasteiger partial charge in [0.2, 0.25) is 0 Å². The van der Waals surface area contributed by atoms with Crippen LogP contribution in [0, 0.1) is 0 Å². The minimum Gasteiger partial charge on any atom is -0.208 e. The summed E-state index contributed by atoms with van der Waals surface area (Å²) in [5.41, 5.74) is 9.71. The van der Waals surface area contributed by atoms with Gasteiger partial charge in [-0.05, 0) is 44.2 Å². The maximum absolute atomic E-state index is 5.27. The lowest BCUT2D eigenvalue weighted by atomic mass is 9.67. The highest BCUT2D eigenvalue weighted by molar-refractivity contribution is 5.97. The van der Waals surface area contributed by atoms with E-state index < -0.39 is 5.41 Å². The molecule has 47 heavy (non-hydrogen) atoms. The van der Waals surface area contributed by atoms with Gasteiger partial charge in [0.05, 0.1) is 5.41 Å². The van der Waals surface area contributed by atoms with Crippen LogP contribution in [0.2, 0.25) is 0 Å². The summed E-state index contributed by atoms with van der Waals surface area (Å²) < 4.78 is 0. The molecule has 1 aliphatic carbocycles. The van der Waals surface area contributed by atoms with E-state index in [-0.39, 0.29) is 0 Å². The summed E-state index contributed by atoms with van der Waals surface area (Å²) >= 11 is 0. The molecule has 0 aliphatic heterocycles. The fourth-order valence-electron chi connectivity index (χ4n) is 7.43. The van der Waals surface area contributed by atoms with Crippen LogP contribution in [0.3, 0.4) is 0 Å². The lowest BCUT2D eigenvalue weighted by Crippen LogP contribution is -2.28. The number of hydrogen-bond acceptors (Lipinski definition) is 3. The average molecular weight is 600 g/mol. The van der Waals surface area contributed by atoms with Gasteiger partial charge in [-0.25, -0.2) is 15.0 Å². The van der Waals surface area contributed by atoms with Gasteiger partial charge < -0.3 is 0 Å². The minimum absolute atomic E-state index is 0.502. The second kappa shape index (κ2) is 11.0. The number of aromatic nitrogens is 3. The van der Waals surface area contributed by atoms with Gasteiger partial charge in [0, 0.05) is 16.7 Å². The predicted molar refractivity (Wildman–Crippen MR) is 191 cm³/mol. The van der Waals surface area contributed by atoms with Gasteiger partial charge in [-0.1, -0.05) is 176 Å². The smallest absolute Gasteiger partial charge is 0.164 e. The average Bonchev–Trinajstić information content (AvgIpc) is 3.47. The first-order valence-corrected chi connectivity index (χ1v) is 16.0.